The van der Waals surface area contributed by atoms with E-state index in [0.717, 1.165) is 11.1 Å². The van der Waals surface area contributed by atoms with Crippen LogP contribution < -0.4 is 9.47 Å². The highest BCUT2D eigenvalue weighted by Gasteiger charge is 2.22. The van der Waals surface area contributed by atoms with E-state index >= 15 is 0 Å². The van der Waals surface area contributed by atoms with Gasteiger partial charge in [0.2, 0.25) is 0 Å². The summed E-state index contributed by atoms with van der Waals surface area (Å²) in [6.07, 6.45) is 0. The van der Waals surface area contributed by atoms with Gasteiger partial charge in [-0.15, -0.1) is 11.3 Å². The summed E-state index contributed by atoms with van der Waals surface area (Å²) < 4.78 is 38.1. The lowest BCUT2D eigenvalue weighted by Gasteiger charge is -2.17. The molecule has 3 rings (SSSR count). The summed E-state index contributed by atoms with van der Waals surface area (Å²) >= 11 is 1.21. The van der Waals surface area contributed by atoms with E-state index in [1.807, 2.05) is 42.5 Å². The number of thiophene rings is 1. The largest absolute Gasteiger partial charge is 0.493 e. The quantitative estimate of drug-likeness (QED) is 0.567. The molecule has 27 heavy (non-hydrogen) atoms. The molecule has 5 nitrogen and oxygen atoms in total. The van der Waals surface area contributed by atoms with Crippen molar-refractivity contribution >= 4 is 21.4 Å². The van der Waals surface area contributed by atoms with Crippen LogP contribution in [-0.2, 0) is 23.2 Å². The van der Waals surface area contributed by atoms with Gasteiger partial charge in [-0.05, 0) is 34.7 Å². The van der Waals surface area contributed by atoms with Crippen molar-refractivity contribution in [1.82, 2.24) is 4.31 Å². The molecule has 3 aromatic rings. The average molecular weight is 404 g/mol. The summed E-state index contributed by atoms with van der Waals surface area (Å²) in [6.45, 7) is 0.679. The SMILES string of the molecule is COc1cc(CN(C)S(=O)(=O)c2cccs2)ccc1OCc1ccccc1. The van der Waals surface area contributed by atoms with Crippen LogP contribution in [0.4, 0.5) is 0 Å². The van der Waals surface area contributed by atoms with Crippen LogP contribution in [0, 0.1) is 0 Å². The second-order valence-corrected chi connectivity index (χ2v) is 9.17. The summed E-state index contributed by atoms with van der Waals surface area (Å²) in [5.74, 6) is 1.19. The minimum Gasteiger partial charge on any atom is -0.493 e. The highest BCUT2D eigenvalue weighted by atomic mass is 32.2. The van der Waals surface area contributed by atoms with E-state index in [0.29, 0.717) is 22.3 Å². The zero-order valence-corrected chi connectivity index (χ0v) is 16.8. The van der Waals surface area contributed by atoms with Gasteiger partial charge in [0, 0.05) is 13.6 Å². The summed E-state index contributed by atoms with van der Waals surface area (Å²) in [4.78, 5) is 0. The van der Waals surface area contributed by atoms with Crippen molar-refractivity contribution in [2.24, 2.45) is 0 Å². The lowest BCUT2D eigenvalue weighted by atomic mass is 10.2. The van der Waals surface area contributed by atoms with E-state index in [2.05, 4.69) is 0 Å². The molecule has 0 N–H and O–H groups in total. The molecule has 0 saturated heterocycles. The van der Waals surface area contributed by atoms with Crippen molar-refractivity contribution in [2.75, 3.05) is 14.2 Å². The molecule has 1 heterocycles. The van der Waals surface area contributed by atoms with E-state index in [1.54, 1.807) is 37.7 Å². The number of sulfonamides is 1. The fraction of sp³-hybridized carbons (Fsp3) is 0.200. The predicted octanol–water partition coefficient (Wildman–Crippen LogP) is 4.16. The molecule has 1 aromatic heterocycles. The third-order valence-electron chi connectivity index (χ3n) is 4.03. The number of nitrogens with zero attached hydrogens (tertiary/aromatic N) is 1. The van der Waals surface area contributed by atoms with Crippen LogP contribution >= 0.6 is 11.3 Å². The highest BCUT2D eigenvalue weighted by molar-refractivity contribution is 7.91. The van der Waals surface area contributed by atoms with Gasteiger partial charge in [0.05, 0.1) is 7.11 Å². The summed E-state index contributed by atoms with van der Waals surface area (Å²) in [5, 5.41) is 1.75. The Bertz CT molecular complexity index is 970. The standard InChI is InChI=1S/C20H21NO4S2/c1-21(27(22,23)20-9-6-12-26-20)14-17-10-11-18(19(13-17)24-2)25-15-16-7-4-3-5-8-16/h3-13H,14-15H2,1-2H3. The van der Waals surface area contributed by atoms with Gasteiger partial charge in [-0.2, -0.15) is 4.31 Å². The Balaban J connectivity index is 1.72. The molecule has 2 aromatic carbocycles. The molecular weight excluding hydrogens is 382 g/mol. The third-order valence-corrected chi connectivity index (χ3v) is 7.21. The molecule has 7 heteroatoms. The van der Waals surface area contributed by atoms with Crippen LogP contribution in [0.5, 0.6) is 11.5 Å². The maximum atomic E-state index is 12.6. The zero-order chi connectivity index (χ0) is 19.3. The van der Waals surface area contributed by atoms with Crippen molar-refractivity contribution in [3.8, 4) is 11.5 Å². The van der Waals surface area contributed by atoms with E-state index in [4.69, 9.17) is 9.47 Å². The molecule has 0 saturated carbocycles. The molecule has 0 unspecified atom stereocenters. The van der Waals surface area contributed by atoms with Gasteiger partial charge in [-0.1, -0.05) is 42.5 Å². The number of hydrogen-bond acceptors (Lipinski definition) is 5. The van der Waals surface area contributed by atoms with Crippen LogP contribution in [0.25, 0.3) is 0 Å². The number of methoxy groups -OCH3 is 1. The average Bonchev–Trinajstić information content (AvgIpc) is 3.23. The maximum Gasteiger partial charge on any atom is 0.252 e. The first-order chi connectivity index (χ1) is 13.0. The van der Waals surface area contributed by atoms with Crippen LogP contribution in [-0.4, -0.2) is 26.9 Å². The van der Waals surface area contributed by atoms with E-state index in [1.165, 1.54) is 15.6 Å². The van der Waals surface area contributed by atoms with Gasteiger partial charge < -0.3 is 9.47 Å². The third kappa shape index (κ3) is 4.68. The van der Waals surface area contributed by atoms with Gasteiger partial charge in [-0.25, -0.2) is 8.42 Å². The minimum atomic E-state index is -3.49. The van der Waals surface area contributed by atoms with Gasteiger partial charge in [0.15, 0.2) is 11.5 Å². The normalized spacial score (nSPS) is 11.5. The molecule has 0 aliphatic rings. The van der Waals surface area contributed by atoms with Crippen molar-refractivity contribution in [3.63, 3.8) is 0 Å². The molecule has 0 bridgehead atoms. The first-order valence-electron chi connectivity index (χ1n) is 8.34. The zero-order valence-electron chi connectivity index (χ0n) is 15.2. The summed E-state index contributed by atoms with van der Waals surface area (Å²) in [6, 6.07) is 18.7. The van der Waals surface area contributed by atoms with Crippen LogP contribution in [0.2, 0.25) is 0 Å². The monoisotopic (exact) mass is 403 g/mol. The smallest absolute Gasteiger partial charge is 0.252 e. The van der Waals surface area contributed by atoms with Crippen LogP contribution in [0.3, 0.4) is 0 Å². The second kappa shape index (κ2) is 8.56. The van der Waals surface area contributed by atoms with Crippen molar-refractivity contribution < 1.29 is 17.9 Å². The van der Waals surface area contributed by atoms with Crippen LogP contribution in [0.15, 0.2) is 70.3 Å². The van der Waals surface area contributed by atoms with E-state index in [-0.39, 0.29) is 6.54 Å². The minimum absolute atomic E-state index is 0.246. The molecule has 142 valence electrons. The fourth-order valence-electron chi connectivity index (χ4n) is 2.57. The maximum absolute atomic E-state index is 12.6. The van der Waals surface area contributed by atoms with Crippen molar-refractivity contribution in [3.05, 3.63) is 77.2 Å². The van der Waals surface area contributed by atoms with E-state index in [9.17, 15) is 8.42 Å². The second-order valence-electron chi connectivity index (χ2n) is 5.95. The van der Waals surface area contributed by atoms with Crippen molar-refractivity contribution in [2.45, 2.75) is 17.4 Å². The molecule has 0 atom stereocenters. The lowest BCUT2D eigenvalue weighted by molar-refractivity contribution is 0.284. The number of benzene rings is 2. The Labute approximate surface area is 163 Å². The summed E-state index contributed by atoms with van der Waals surface area (Å²) in [5.41, 5.74) is 1.88. The van der Waals surface area contributed by atoms with Gasteiger partial charge in [0.1, 0.15) is 10.8 Å². The Kier molecular flexibility index (Phi) is 6.15. The van der Waals surface area contributed by atoms with Crippen molar-refractivity contribution in [1.29, 1.82) is 0 Å². The lowest BCUT2D eigenvalue weighted by Crippen LogP contribution is -2.25. The molecule has 0 spiro atoms. The van der Waals surface area contributed by atoms with E-state index < -0.39 is 10.0 Å². The van der Waals surface area contributed by atoms with Gasteiger partial charge >= 0.3 is 0 Å². The number of hydrogen-bond donors (Lipinski definition) is 0. The highest BCUT2D eigenvalue weighted by Crippen LogP contribution is 2.30. The molecular formula is C20H21NO4S2. The predicted molar refractivity (Wildman–Crippen MR) is 107 cm³/mol. The number of ether oxygens (including phenoxy) is 2. The molecule has 0 radical (unpaired) electrons. The Morgan fingerprint density at radius 1 is 0.963 bits per heavy atom. The van der Waals surface area contributed by atoms with Crippen LogP contribution in [0.1, 0.15) is 11.1 Å². The van der Waals surface area contributed by atoms with Gasteiger partial charge in [0.25, 0.3) is 10.0 Å². The topological polar surface area (TPSA) is 55.8 Å². The molecule has 0 amide bonds. The molecule has 0 aliphatic carbocycles. The summed E-state index contributed by atoms with van der Waals surface area (Å²) in [7, 11) is -0.349. The Hall–Kier alpha value is -2.35. The van der Waals surface area contributed by atoms with Gasteiger partial charge in [-0.3, -0.25) is 0 Å². The first-order valence-corrected chi connectivity index (χ1v) is 10.7. The fourth-order valence-corrected chi connectivity index (χ4v) is 4.93. The Morgan fingerprint density at radius 3 is 2.41 bits per heavy atom. The molecule has 0 aliphatic heterocycles. The number of rotatable bonds is 8. The molecule has 0 fully saturated rings. The first kappa shape index (κ1) is 19.4. The Morgan fingerprint density at radius 2 is 1.74 bits per heavy atom.